The van der Waals surface area contributed by atoms with E-state index in [0.29, 0.717) is 5.69 Å². The molecule has 2 aromatic carbocycles. The average molecular weight is 394 g/mol. The fourth-order valence-electron chi connectivity index (χ4n) is 3.63. The molecule has 152 valence electrons. The summed E-state index contributed by atoms with van der Waals surface area (Å²) in [5.74, 6) is -1.09. The summed E-state index contributed by atoms with van der Waals surface area (Å²) in [6, 6.07) is 15.8. The minimum absolute atomic E-state index is 0.0354. The Morgan fingerprint density at radius 2 is 1.83 bits per heavy atom. The van der Waals surface area contributed by atoms with Crippen molar-refractivity contribution in [2.75, 3.05) is 5.73 Å². The van der Waals surface area contributed by atoms with Gasteiger partial charge in [0.25, 0.3) is 0 Å². The third kappa shape index (κ3) is 4.67. The maximum atomic E-state index is 10.7. The van der Waals surface area contributed by atoms with Gasteiger partial charge >= 0.3 is 5.97 Å². The van der Waals surface area contributed by atoms with Gasteiger partial charge in [-0.05, 0) is 36.8 Å². The molecule has 0 aliphatic carbocycles. The van der Waals surface area contributed by atoms with Crippen LogP contribution in [0.1, 0.15) is 25.5 Å². The smallest absolute Gasteiger partial charge is 0.305 e. The van der Waals surface area contributed by atoms with Crippen molar-refractivity contribution in [1.29, 1.82) is 0 Å². The lowest BCUT2D eigenvalue weighted by molar-refractivity contribution is -0.139. The quantitative estimate of drug-likeness (QED) is 0.437. The standard InChI is InChI=1S/C23H26N2O4/c1-2-25-20-6-4-3-5-19(20)23(15-7-9-16(24)10-8-15)21(25)12-11-17(26)13-18(27)14-22(28)29/h3-12,17-18,26-27H,2,13-14,24H2,1H3,(H,28,29)/b12-11+. The van der Waals surface area contributed by atoms with Crippen LogP contribution in [0.25, 0.3) is 28.1 Å². The van der Waals surface area contributed by atoms with Gasteiger partial charge in [0.1, 0.15) is 0 Å². The lowest BCUT2D eigenvalue weighted by Crippen LogP contribution is -2.19. The Morgan fingerprint density at radius 3 is 2.48 bits per heavy atom. The summed E-state index contributed by atoms with van der Waals surface area (Å²) in [6.07, 6.45) is 0.968. The molecule has 2 atom stereocenters. The second-order valence-corrected chi connectivity index (χ2v) is 7.06. The number of nitrogens with zero attached hydrogens (tertiary/aromatic N) is 1. The van der Waals surface area contributed by atoms with Crippen molar-refractivity contribution in [3.05, 3.63) is 60.3 Å². The van der Waals surface area contributed by atoms with Crippen molar-refractivity contribution < 1.29 is 20.1 Å². The molecule has 6 nitrogen and oxygen atoms in total. The van der Waals surface area contributed by atoms with E-state index in [1.165, 1.54) is 0 Å². The Morgan fingerprint density at radius 1 is 1.14 bits per heavy atom. The number of aliphatic hydroxyl groups is 2. The lowest BCUT2D eigenvalue weighted by Gasteiger charge is -2.12. The first-order valence-electron chi connectivity index (χ1n) is 9.64. The first-order valence-corrected chi connectivity index (χ1v) is 9.64. The van der Waals surface area contributed by atoms with E-state index in [1.807, 2.05) is 42.5 Å². The van der Waals surface area contributed by atoms with E-state index in [0.717, 1.165) is 34.3 Å². The number of nitrogen functional groups attached to an aromatic ring is 1. The van der Waals surface area contributed by atoms with Crippen LogP contribution >= 0.6 is 0 Å². The molecular weight excluding hydrogens is 368 g/mol. The number of hydrogen-bond acceptors (Lipinski definition) is 4. The van der Waals surface area contributed by atoms with Gasteiger partial charge in [-0.15, -0.1) is 0 Å². The van der Waals surface area contributed by atoms with Crippen LogP contribution in [-0.2, 0) is 11.3 Å². The van der Waals surface area contributed by atoms with Gasteiger partial charge in [0.05, 0.1) is 18.6 Å². The predicted molar refractivity (Wildman–Crippen MR) is 115 cm³/mol. The van der Waals surface area contributed by atoms with Gasteiger partial charge in [0.2, 0.25) is 0 Å². The molecule has 0 fully saturated rings. The molecular formula is C23H26N2O4. The van der Waals surface area contributed by atoms with Crippen molar-refractivity contribution in [3.63, 3.8) is 0 Å². The number of carboxylic acid groups (broad SMARTS) is 1. The van der Waals surface area contributed by atoms with Crippen LogP contribution in [0.4, 0.5) is 5.69 Å². The summed E-state index contributed by atoms with van der Waals surface area (Å²) in [5, 5.41) is 29.9. The Hall–Kier alpha value is -3.09. The number of anilines is 1. The number of aromatic nitrogens is 1. The number of fused-ring (bicyclic) bond motifs is 1. The first kappa shape index (κ1) is 20.6. The van der Waals surface area contributed by atoms with Gasteiger partial charge in [-0.1, -0.05) is 36.4 Å². The van der Waals surface area contributed by atoms with E-state index in [1.54, 1.807) is 6.08 Å². The number of benzene rings is 2. The zero-order valence-electron chi connectivity index (χ0n) is 16.3. The molecule has 3 aromatic rings. The van der Waals surface area contributed by atoms with Crippen molar-refractivity contribution >= 4 is 28.6 Å². The van der Waals surface area contributed by atoms with Crippen LogP contribution in [-0.4, -0.2) is 38.1 Å². The van der Waals surface area contributed by atoms with E-state index in [-0.39, 0.29) is 6.42 Å². The monoisotopic (exact) mass is 394 g/mol. The summed E-state index contributed by atoms with van der Waals surface area (Å²) < 4.78 is 2.16. The number of aliphatic carboxylic acids is 1. The van der Waals surface area contributed by atoms with Crippen LogP contribution < -0.4 is 5.73 Å². The highest BCUT2D eigenvalue weighted by Gasteiger charge is 2.17. The van der Waals surface area contributed by atoms with Gasteiger partial charge in [0.15, 0.2) is 0 Å². The van der Waals surface area contributed by atoms with Crippen molar-refractivity contribution in [1.82, 2.24) is 4.57 Å². The summed E-state index contributed by atoms with van der Waals surface area (Å²) in [5.41, 5.74) is 10.6. The predicted octanol–water partition coefficient (Wildman–Crippen LogP) is 3.51. The van der Waals surface area contributed by atoms with Gasteiger partial charge in [0, 0.05) is 40.8 Å². The minimum Gasteiger partial charge on any atom is -0.481 e. The second-order valence-electron chi connectivity index (χ2n) is 7.06. The average Bonchev–Trinajstić information content (AvgIpc) is 2.99. The maximum absolute atomic E-state index is 10.7. The highest BCUT2D eigenvalue weighted by molar-refractivity contribution is 6.01. The lowest BCUT2D eigenvalue weighted by atomic mass is 10.0. The van der Waals surface area contributed by atoms with Gasteiger partial charge in [-0.3, -0.25) is 4.79 Å². The third-order valence-corrected chi connectivity index (χ3v) is 4.93. The van der Waals surface area contributed by atoms with Gasteiger partial charge < -0.3 is 25.6 Å². The third-order valence-electron chi connectivity index (χ3n) is 4.93. The van der Waals surface area contributed by atoms with Gasteiger partial charge in [-0.2, -0.15) is 0 Å². The molecule has 0 amide bonds. The Bertz CT molecular complexity index is 1020. The van der Waals surface area contributed by atoms with E-state index in [2.05, 4.69) is 23.6 Å². The summed E-state index contributed by atoms with van der Waals surface area (Å²) >= 11 is 0. The number of para-hydroxylation sites is 1. The molecule has 0 bridgehead atoms. The van der Waals surface area contributed by atoms with Crippen molar-refractivity contribution in [3.8, 4) is 11.1 Å². The van der Waals surface area contributed by atoms with Crippen LogP contribution in [0.2, 0.25) is 0 Å². The number of nitrogens with two attached hydrogens (primary N) is 1. The zero-order chi connectivity index (χ0) is 21.0. The van der Waals surface area contributed by atoms with Crippen LogP contribution in [0.5, 0.6) is 0 Å². The molecule has 6 heteroatoms. The largest absolute Gasteiger partial charge is 0.481 e. The van der Waals surface area contributed by atoms with Crippen LogP contribution in [0.3, 0.4) is 0 Å². The summed E-state index contributed by atoms with van der Waals surface area (Å²) in [6.45, 7) is 2.80. The van der Waals surface area contributed by atoms with E-state index >= 15 is 0 Å². The number of aryl methyl sites for hydroxylation is 1. The summed E-state index contributed by atoms with van der Waals surface area (Å²) in [4.78, 5) is 10.7. The Labute approximate surface area is 169 Å². The molecule has 1 aromatic heterocycles. The van der Waals surface area contributed by atoms with Crippen LogP contribution in [0, 0.1) is 0 Å². The number of carboxylic acids is 1. The molecule has 0 saturated heterocycles. The van der Waals surface area contributed by atoms with E-state index < -0.39 is 24.6 Å². The number of carbonyl (C=O) groups is 1. The van der Waals surface area contributed by atoms with Gasteiger partial charge in [-0.25, -0.2) is 0 Å². The summed E-state index contributed by atoms with van der Waals surface area (Å²) in [7, 11) is 0. The molecule has 5 N–H and O–H groups in total. The fraction of sp³-hybridized carbons (Fsp3) is 0.261. The molecule has 0 spiro atoms. The first-order chi connectivity index (χ1) is 13.9. The highest BCUT2D eigenvalue weighted by Crippen LogP contribution is 2.36. The van der Waals surface area contributed by atoms with Crippen LogP contribution in [0.15, 0.2) is 54.6 Å². The van der Waals surface area contributed by atoms with E-state index in [4.69, 9.17) is 10.8 Å². The topological polar surface area (TPSA) is 109 Å². The molecule has 0 aliphatic rings. The number of aliphatic hydroxyl groups excluding tert-OH is 2. The van der Waals surface area contributed by atoms with Crippen molar-refractivity contribution in [2.45, 2.75) is 38.5 Å². The normalized spacial score (nSPS) is 13.8. The molecule has 3 rings (SSSR count). The molecule has 1 heterocycles. The second kappa shape index (κ2) is 8.94. The molecule has 29 heavy (non-hydrogen) atoms. The number of hydrogen-bond donors (Lipinski definition) is 4. The zero-order valence-corrected chi connectivity index (χ0v) is 16.3. The SMILES string of the molecule is CCn1c(/C=C/C(O)CC(O)CC(=O)O)c(-c2ccc(N)cc2)c2ccccc21. The number of rotatable bonds is 8. The Balaban J connectivity index is 2.03. The van der Waals surface area contributed by atoms with E-state index in [9.17, 15) is 15.0 Å². The molecule has 0 radical (unpaired) electrons. The highest BCUT2D eigenvalue weighted by atomic mass is 16.4. The fourth-order valence-corrected chi connectivity index (χ4v) is 3.63. The Kier molecular flexibility index (Phi) is 6.36. The van der Waals surface area contributed by atoms with Crippen molar-refractivity contribution in [2.24, 2.45) is 0 Å². The molecule has 0 saturated carbocycles. The maximum Gasteiger partial charge on any atom is 0.305 e. The minimum atomic E-state index is -1.10. The molecule has 2 unspecified atom stereocenters. The molecule has 0 aliphatic heterocycles.